The van der Waals surface area contributed by atoms with Crippen LogP contribution in [0, 0.1) is 0 Å². The van der Waals surface area contributed by atoms with Gasteiger partial charge in [-0.1, -0.05) is 218 Å². The molecule has 0 saturated carbocycles. The molecule has 72 heavy (non-hydrogen) atoms. The van der Waals surface area contributed by atoms with E-state index in [4.69, 9.17) is 18.9 Å². The maximum atomic E-state index is 13.2. The summed E-state index contributed by atoms with van der Waals surface area (Å²) in [5.74, 6) is -0.239. The van der Waals surface area contributed by atoms with E-state index in [1.165, 1.54) is 180 Å². The lowest BCUT2D eigenvalue weighted by molar-refractivity contribution is -0.359. The molecule has 9 N–H and O–H groups in total. The Balaban J connectivity index is 1.63. The minimum absolute atomic E-state index is 0.239. The largest absolute Gasteiger partial charge is 0.394 e. The number of ether oxygens (including phenoxy) is 4. The molecule has 2 fully saturated rings. The van der Waals surface area contributed by atoms with Crippen molar-refractivity contribution in [3.05, 3.63) is 24.3 Å². The molecule has 0 bridgehead atoms. The number of unbranched alkanes of at least 4 members (excludes halogenated alkanes) is 32. The molecule has 1 amide bonds. The first kappa shape index (κ1) is 66.6. The molecule has 2 saturated heterocycles. The van der Waals surface area contributed by atoms with Crippen LogP contribution >= 0.6 is 0 Å². The van der Waals surface area contributed by atoms with Crippen LogP contribution in [0.1, 0.15) is 245 Å². The van der Waals surface area contributed by atoms with Crippen LogP contribution < -0.4 is 5.32 Å². The van der Waals surface area contributed by atoms with E-state index in [1.54, 1.807) is 6.08 Å². The molecule has 0 aromatic heterocycles. The summed E-state index contributed by atoms with van der Waals surface area (Å²) in [7, 11) is 0. The average Bonchev–Trinajstić information content (AvgIpc) is 3.38. The van der Waals surface area contributed by atoms with Gasteiger partial charge < -0.3 is 65.1 Å². The first-order valence-electron chi connectivity index (χ1n) is 29.6. The molecule has 2 rings (SSSR count). The van der Waals surface area contributed by atoms with Crippen molar-refractivity contribution in [1.29, 1.82) is 0 Å². The van der Waals surface area contributed by atoms with Crippen molar-refractivity contribution in [2.24, 2.45) is 0 Å². The van der Waals surface area contributed by atoms with Gasteiger partial charge >= 0.3 is 0 Å². The molecule has 12 atom stereocenters. The van der Waals surface area contributed by atoms with Gasteiger partial charge in [0, 0.05) is 6.42 Å². The number of amides is 1. The Bertz CT molecular complexity index is 1300. The van der Waals surface area contributed by atoms with Crippen LogP contribution in [0.25, 0.3) is 0 Å². The molecule has 0 aliphatic carbocycles. The first-order chi connectivity index (χ1) is 35.1. The van der Waals surface area contributed by atoms with E-state index in [0.717, 1.165) is 38.5 Å². The lowest BCUT2D eigenvalue weighted by atomic mass is 9.97. The van der Waals surface area contributed by atoms with Gasteiger partial charge in [-0.15, -0.1) is 0 Å². The molecule has 0 spiro atoms. The van der Waals surface area contributed by atoms with Gasteiger partial charge in [0.1, 0.15) is 48.8 Å². The number of aliphatic hydroxyl groups is 8. The summed E-state index contributed by atoms with van der Waals surface area (Å²) in [6.07, 6.45) is 35.4. The van der Waals surface area contributed by atoms with Crippen LogP contribution in [-0.4, -0.2) is 140 Å². The number of aliphatic hydroxyl groups excluding tert-OH is 8. The minimum atomic E-state index is -1.79. The molecule has 2 aliphatic rings. The van der Waals surface area contributed by atoms with Crippen molar-refractivity contribution < 1.29 is 64.6 Å². The van der Waals surface area contributed by atoms with Gasteiger partial charge in [0.15, 0.2) is 12.6 Å². The zero-order chi connectivity index (χ0) is 52.4. The Morgan fingerprint density at radius 3 is 1.32 bits per heavy atom. The molecule has 0 aromatic rings. The van der Waals surface area contributed by atoms with E-state index in [1.807, 2.05) is 6.08 Å². The first-order valence-corrected chi connectivity index (χ1v) is 29.6. The molecule has 14 nitrogen and oxygen atoms in total. The van der Waals surface area contributed by atoms with Gasteiger partial charge in [-0.2, -0.15) is 0 Å². The van der Waals surface area contributed by atoms with Crippen molar-refractivity contribution in [2.45, 2.75) is 319 Å². The predicted molar refractivity (Wildman–Crippen MR) is 286 cm³/mol. The number of carbonyl (C=O) groups excluding carboxylic acids is 1. The van der Waals surface area contributed by atoms with Gasteiger partial charge in [0.25, 0.3) is 0 Å². The highest BCUT2D eigenvalue weighted by Gasteiger charge is 2.51. The van der Waals surface area contributed by atoms with Crippen LogP contribution in [0.5, 0.6) is 0 Å². The number of allylic oxidation sites excluding steroid dienone is 3. The van der Waals surface area contributed by atoms with Gasteiger partial charge in [-0.3, -0.25) is 4.79 Å². The summed E-state index contributed by atoms with van der Waals surface area (Å²) in [6.45, 7) is 2.77. The summed E-state index contributed by atoms with van der Waals surface area (Å²) < 4.78 is 22.7. The third-order valence-electron chi connectivity index (χ3n) is 14.6. The van der Waals surface area contributed by atoms with Gasteiger partial charge in [0.05, 0.1) is 32.0 Å². The Hall–Kier alpha value is -1.53. The van der Waals surface area contributed by atoms with E-state index in [9.17, 15) is 45.6 Å². The van der Waals surface area contributed by atoms with Crippen LogP contribution in [0.3, 0.4) is 0 Å². The third-order valence-corrected chi connectivity index (χ3v) is 14.6. The Labute approximate surface area is 437 Å². The molecule has 2 aliphatic heterocycles. The van der Waals surface area contributed by atoms with E-state index in [-0.39, 0.29) is 18.9 Å². The number of nitrogens with one attached hydrogen (secondary N) is 1. The van der Waals surface area contributed by atoms with Gasteiger partial charge in [-0.25, -0.2) is 0 Å². The highest BCUT2D eigenvalue weighted by molar-refractivity contribution is 5.76. The Morgan fingerprint density at radius 2 is 0.875 bits per heavy atom. The number of hydrogen-bond donors (Lipinski definition) is 9. The summed E-state index contributed by atoms with van der Waals surface area (Å²) >= 11 is 0. The normalized spacial score (nSPS) is 25.7. The van der Waals surface area contributed by atoms with Crippen molar-refractivity contribution in [1.82, 2.24) is 5.32 Å². The lowest BCUT2D eigenvalue weighted by Gasteiger charge is -2.46. The number of rotatable bonds is 47. The fourth-order valence-electron chi connectivity index (χ4n) is 9.82. The molecule has 12 unspecified atom stereocenters. The second-order valence-electron chi connectivity index (χ2n) is 21.1. The highest BCUT2D eigenvalue weighted by atomic mass is 16.7. The maximum absolute atomic E-state index is 13.2. The molecule has 14 heteroatoms. The topological polar surface area (TPSA) is 228 Å². The van der Waals surface area contributed by atoms with E-state index >= 15 is 0 Å². The van der Waals surface area contributed by atoms with Crippen LogP contribution in [0.15, 0.2) is 24.3 Å². The molecule has 2 heterocycles. The molecular weight excluding hydrogens is 919 g/mol. The molecule has 0 aromatic carbocycles. The van der Waals surface area contributed by atoms with Crippen LogP contribution in [0.2, 0.25) is 0 Å². The fraction of sp³-hybridized carbons (Fsp3) is 0.914. The Morgan fingerprint density at radius 1 is 0.486 bits per heavy atom. The van der Waals surface area contributed by atoms with Crippen molar-refractivity contribution in [3.63, 3.8) is 0 Å². The zero-order valence-electron chi connectivity index (χ0n) is 45.4. The summed E-state index contributed by atoms with van der Waals surface area (Å²) in [5.41, 5.74) is 0. The van der Waals surface area contributed by atoms with Crippen LogP contribution in [0.4, 0.5) is 0 Å². The number of carbonyl (C=O) groups is 1. The molecular formula is C58H109NO13. The van der Waals surface area contributed by atoms with E-state index in [0.29, 0.717) is 6.42 Å². The maximum Gasteiger partial charge on any atom is 0.220 e. The fourth-order valence-corrected chi connectivity index (χ4v) is 9.82. The Kier molecular flexibility index (Phi) is 41.2. The third kappa shape index (κ3) is 30.3. The lowest BCUT2D eigenvalue weighted by Crippen LogP contribution is -2.65. The highest BCUT2D eigenvalue weighted by Crippen LogP contribution is 2.30. The van der Waals surface area contributed by atoms with E-state index < -0.39 is 86.8 Å². The number of hydrogen-bond acceptors (Lipinski definition) is 13. The summed E-state index contributed by atoms with van der Waals surface area (Å²) in [5, 5.41) is 86.7. The quantitative estimate of drug-likeness (QED) is 0.0205. The second-order valence-corrected chi connectivity index (χ2v) is 21.1. The van der Waals surface area contributed by atoms with Gasteiger partial charge in [0.2, 0.25) is 5.91 Å². The van der Waals surface area contributed by atoms with Gasteiger partial charge in [-0.05, 0) is 44.9 Å². The van der Waals surface area contributed by atoms with Crippen LogP contribution in [-0.2, 0) is 23.7 Å². The summed E-state index contributed by atoms with van der Waals surface area (Å²) in [4.78, 5) is 13.2. The average molecular weight is 1030 g/mol. The standard InChI is InChI=1S/C58H109NO13/c1-3-5-7-9-11-13-14-15-16-17-18-19-20-21-22-23-24-25-26-27-28-29-30-31-32-34-36-38-40-42-50(63)59-46(47(62)41-39-37-35-33-12-10-8-6-4-2)45-69-57-55(68)53(66)56(49(44-61)71-57)72-58-54(67)52(65)51(64)48(43-60)70-58/h17-18,39,41,46-49,51-58,60-62,64-68H,3-16,19-38,40,42-45H2,1-2H3,(H,59,63)/b18-17-,41-39+. The second kappa shape index (κ2) is 44.6. The van der Waals surface area contributed by atoms with Crippen molar-refractivity contribution in [2.75, 3.05) is 19.8 Å². The zero-order valence-corrected chi connectivity index (χ0v) is 45.4. The van der Waals surface area contributed by atoms with E-state index in [2.05, 4.69) is 31.3 Å². The van der Waals surface area contributed by atoms with Crippen molar-refractivity contribution in [3.8, 4) is 0 Å². The summed E-state index contributed by atoms with van der Waals surface area (Å²) in [6, 6.07) is -0.909. The minimum Gasteiger partial charge on any atom is -0.394 e. The molecule has 424 valence electrons. The van der Waals surface area contributed by atoms with Crippen molar-refractivity contribution >= 4 is 5.91 Å². The SMILES string of the molecule is CCCCCCCCC/C=C/C(O)C(COC1OC(CO)C(OC2OC(CO)C(O)C(O)C2O)C(O)C1O)NC(=O)CCCCCCCCCCCCCCCCCCC/C=C\CCCCCCCCCC. The monoisotopic (exact) mass is 1030 g/mol. The smallest absolute Gasteiger partial charge is 0.220 e. The molecule has 0 radical (unpaired) electrons. The predicted octanol–water partition coefficient (Wildman–Crippen LogP) is 9.67.